The van der Waals surface area contributed by atoms with Gasteiger partial charge in [0, 0.05) is 12.6 Å². The lowest BCUT2D eigenvalue weighted by Gasteiger charge is -2.16. The molecule has 2 heterocycles. The number of nitrogens with one attached hydrogen (secondary N) is 1. The number of rotatable bonds is 0. The van der Waals surface area contributed by atoms with Crippen LogP contribution in [0.5, 0.6) is 0 Å². The van der Waals surface area contributed by atoms with Gasteiger partial charge in [-0.2, -0.15) is 0 Å². The Morgan fingerprint density at radius 1 is 1.36 bits per heavy atom. The van der Waals surface area contributed by atoms with Crippen molar-refractivity contribution in [3.63, 3.8) is 0 Å². The lowest BCUT2D eigenvalue weighted by molar-refractivity contribution is -0.116. The summed E-state index contributed by atoms with van der Waals surface area (Å²) in [4.78, 5) is 15.1. The van der Waals surface area contributed by atoms with Crippen LogP contribution in [0.3, 0.4) is 0 Å². The average molecular weight is 192 g/mol. The van der Waals surface area contributed by atoms with Gasteiger partial charge in [-0.05, 0) is 30.5 Å². The Labute approximate surface area is 84.6 Å². The normalized spacial score (nSPS) is 13.5. The fourth-order valence-corrected chi connectivity index (χ4v) is 1.45. The van der Waals surface area contributed by atoms with Crippen LogP contribution in [0.4, 0.5) is 5.82 Å². The van der Waals surface area contributed by atoms with Crippen molar-refractivity contribution in [2.75, 3.05) is 5.32 Å². The predicted octanol–water partition coefficient (Wildman–Crippen LogP) is 2.30. The third-order valence-electron chi connectivity index (χ3n) is 2.15. The minimum Gasteiger partial charge on any atom is -0.310 e. The monoisotopic (exact) mass is 192 g/mol. The van der Waals surface area contributed by atoms with E-state index in [2.05, 4.69) is 10.3 Å². The topological polar surface area (TPSA) is 42.0 Å². The molecule has 0 radical (unpaired) electrons. The molecule has 0 spiro atoms. The lowest BCUT2D eigenvalue weighted by atomic mass is 10.0. The molecule has 1 aliphatic rings. The third-order valence-corrected chi connectivity index (χ3v) is 2.15. The van der Waals surface area contributed by atoms with E-state index < -0.39 is 0 Å². The second kappa shape index (κ2) is 4.74. The molecule has 0 fully saturated rings. The summed E-state index contributed by atoms with van der Waals surface area (Å²) in [6, 6.07) is 1.97. The number of carbonyl (C=O) groups is 1. The number of hydrogen-bond acceptors (Lipinski definition) is 2. The van der Waals surface area contributed by atoms with Gasteiger partial charge in [0.15, 0.2) is 0 Å². The Balaban J connectivity index is 0.000000461. The highest BCUT2D eigenvalue weighted by molar-refractivity contribution is 5.92. The van der Waals surface area contributed by atoms with Crippen LogP contribution in [0.1, 0.15) is 31.4 Å². The van der Waals surface area contributed by atoms with Crippen molar-refractivity contribution in [2.24, 2.45) is 0 Å². The molecule has 0 aliphatic carbocycles. The lowest BCUT2D eigenvalue weighted by Crippen LogP contribution is -2.20. The van der Waals surface area contributed by atoms with Gasteiger partial charge in [-0.25, -0.2) is 4.98 Å². The van der Waals surface area contributed by atoms with Crippen LogP contribution in [0, 0.1) is 6.92 Å². The van der Waals surface area contributed by atoms with Gasteiger partial charge in [0.1, 0.15) is 5.82 Å². The maximum absolute atomic E-state index is 11.0. The largest absolute Gasteiger partial charge is 0.310 e. The first-order valence-electron chi connectivity index (χ1n) is 5.02. The molecule has 2 rings (SSSR count). The zero-order chi connectivity index (χ0) is 10.6. The number of nitrogens with zero attached hydrogens (tertiary/aromatic N) is 1. The molecule has 3 heteroatoms. The molecule has 1 N–H and O–H groups in total. The molecule has 1 amide bonds. The van der Waals surface area contributed by atoms with Gasteiger partial charge in [-0.3, -0.25) is 4.79 Å². The summed E-state index contributed by atoms with van der Waals surface area (Å²) in [7, 11) is 0. The summed E-state index contributed by atoms with van der Waals surface area (Å²) < 4.78 is 0. The molecule has 3 nitrogen and oxygen atoms in total. The van der Waals surface area contributed by atoms with E-state index in [0.29, 0.717) is 6.42 Å². The van der Waals surface area contributed by atoms with Crippen molar-refractivity contribution in [2.45, 2.75) is 33.6 Å². The molecular formula is C11H16N2O. The summed E-state index contributed by atoms with van der Waals surface area (Å²) in [6.07, 6.45) is 3.13. The van der Waals surface area contributed by atoms with Crippen molar-refractivity contribution in [3.8, 4) is 0 Å². The zero-order valence-electron chi connectivity index (χ0n) is 8.92. The van der Waals surface area contributed by atoms with Crippen LogP contribution in [0.25, 0.3) is 0 Å². The number of pyridine rings is 1. The highest BCUT2D eigenvalue weighted by Gasteiger charge is 2.16. The van der Waals surface area contributed by atoms with Crippen LogP contribution < -0.4 is 5.32 Å². The van der Waals surface area contributed by atoms with Gasteiger partial charge in [0.2, 0.25) is 5.91 Å². The van der Waals surface area contributed by atoms with Crippen LogP contribution in [0.2, 0.25) is 0 Å². The molecule has 0 saturated carbocycles. The number of aryl methyl sites for hydroxylation is 1. The van der Waals surface area contributed by atoms with Crippen molar-refractivity contribution in [3.05, 3.63) is 23.4 Å². The van der Waals surface area contributed by atoms with Crippen LogP contribution in [0.15, 0.2) is 12.3 Å². The van der Waals surface area contributed by atoms with Crippen molar-refractivity contribution < 1.29 is 4.79 Å². The van der Waals surface area contributed by atoms with Crippen molar-refractivity contribution >= 4 is 11.7 Å². The third kappa shape index (κ3) is 2.10. The Hall–Kier alpha value is -1.38. The SMILES string of the molecule is CC.Cc1ccnc2c1CCC(=O)N2. The summed E-state index contributed by atoms with van der Waals surface area (Å²) in [5.41, 5.74) is 2.39. The van der Waals surface area contributed by atoms with Gasteiger partial charge in [0.05, 0.1) is 0 Å². The van der Waals surface area contributed by atoms with E-state index in [1.807, 2.05) is 26.8 Å². The molecule has 0 atom stereocenters. The number of hydrogen-bond donors (Lipinski definition) is 1. The molecule has 0 saturated heterocycles. The van der Waals surface area contributed by atoms with E-state index in [4.69, 9.17) is 0 Å². The van der Waals surface area contributed by atoms with Gasteiger partial charge in [-0.15, -0.1) is 0 Å². The van der Waals surface area contributed by atoms with E-state index >= 15 is 0 Å². The summed E-state index contributed by atoms with van der Waals surface area (Å²) in [5.74, 6) is 0.812. The number of aromatic nitrogens is 1. The maximum atomic E-state index is 11.0. The van der Waals surface area contributed by atoms with Gasteiger partial charge in [0.25, 0.3) is 0 Å². The maximum Gasteiger partial charge on any atom is 0.225 e. The minimum absolute atomic E-state index is 0.0700. The number of carbonyl (C=O) groups excluding carboxylic acids is 1. The second-order valence-electron chi connectivity index (χ2n) is 3.00. The summed E-state index contributed by atoms with van der Waals surface area (Å²) >= 11 is 0. The van der Waals surface area contributed by atoms with E-state index in [-0.39, 0.29) is 5.91 Å². The van der Waals surface area contributed by atoms with Crippen molar-refractivity contribution in [1.29, 1.82) is 0 Å². The smallest absolute Gasteiger partial charge is 0.225 e. The number of fused-ring (bicyclic) bond motifs is 1. The van der Waals surface area contributed by atoms with E-state index in [1.165, 1.54) is 11.1 Å². The summed E-state index contributed by atoms with van der Waals surface area (Å²) in [6.45, 7) is 6.04. The Morgan fingerprint density at radius 3 is 2.79 bits per heavy atom. The standard InChI is InChI=1S/C9H10N2O.C2H6/c1-6-4-5-10-9-7(6)2-3-8(12)11-9;1-2/h4-5H,2-3H2,1H3,(H,10,11,12);1-2H3. The first kappa shape index (κ1) is 10.7. The second-order valence-corrected chi connectivity index (χ2v) is 3.00. The fourth-order valence-electron chi connectivity index (χ4n) is 1.45. The molecule has 0 aromatic carbocycles. The zero-order valence-corrected chi connectivity index (χ0v) is 8.92. The molecular weight excluding hydrogens is 176 g/mol. The molecule has 14 heavy (non-hydrogen) atoms. The molecule has 1 aromatic rings. The van der Waals surface area contributed by atoms with Crippen molar-refractivity contribution in [1.82, 2.24) is 4.98 Å². The van der Waals surface area contributed by atoms with Gasteiger partial charge >= 0.3 is 0 Å². The molecule has 76 valence electrons. The average Bonchev–Trinajstić information content (AvgIpc) is 2.21. The number of amides is 1. The molecule has 0 unspecified atom stereocenters. The Kier molecular flexibility index (Phi) is 3.63. The van der Waals surface area contributed by atoms with E-state index in [9.17, 15) is 4.79 Å². The van der Waals surface area contributed by atoms with Crippen LogP contribution in [-0.4, -0.2) is 10.9 Å². The van der Waals surface area contributed by atoms with Gasteiger partial charge in [-0.1, -0.05) is 13.8 Å². The van der Waals surface area contributed by atoms with Crippen LogP contribution >= 0.6 is 0 Å². The Bertz CT molecular complexity index is 334. The van der Waals surface area contributed by atoms with E-state index in [0.717, 1.165) is 12.2 Å². The first-order valence-corrected chi connectivity index (χ1v) is 5.02. The van der Waals surface area contributed by atoms with Gasteiger partial charge < -0.3 is 5.32 Å². The highest BCUT2D eigenvalue weighted by Crippen LogP contribution is 2.22. The predicted molar refractivity (Wildman–Crippen MR) is 57.3 cm³/mol. The van der Waals surface area contributed by atoms with E-state index in [1.54, 1.807) is 6.20 Å². The summed E-state index contributed by atoms with van der Waals surface area (Å²) in [5, 5.41) is 2.75. The molecule has 1 aromatic heterocycles. The fraction of sp³-hybridized carbons (Fsp3) is 0.455. The highest BCUT2D eigenvalue weighted by atomic mass is 16.1. The Morgan fingerprint density at radius 2 is 2.07 bits per heavy atom. The number of anilines is 1. The molecule has 1 aliphatic heterocycles. The van der Waals surface area contributed by atoms with Crippen LogP contribution in [-0.2, 0) is 11.2 Å². The molecule has 0 bridgehead atoms. The quantitative estimate of drug-likeness (QED) is 0.685. The first-order chi connectivity index (χ1) is 6.77. The minimum atomic E-state index is 0.0700.